The van der Waals surface area contributed by atoms with E-state index in [1.165, 1.54) is 17.3 Å². The molecule has 184 valence electrons. The van der Waals surface area contributed by atoms with Gasteiger partial charge < -0.3 is 18.9 Å². The highest BCUT2D eigenvalue weighted by atomic mass is 35.5. The second-order valence-corrected chi connectivity index (χ2v) is 9.76. The molecule has 0 N–H and O–H groups in total. The van der Waals surface area contributed by atoms with Crippen LogP contribution in [0.3, 0.4) is 0 Å². The van der Waals surface area contributed by atoms with Crippen molar-refractivity contribution in [1.29, 1.82) is 0 Å². The van der Waals surface area contributed by atoms with E-state index in [0.717, 1.165) is 16.0 Å². The van der Waals surface area contributed by atoms with Gasteiger partial charge in [-0.25, -0.2) is 0 Å². The molecule has 0 spiro atoms. The van der Waals surface area contributed by atoms with Gasteiger partial charge in [-0.3, -0.25) is 4.79 Å². The van der Waals surface area contributed by atoms with Crippen molar-refractivity contribution in [2.75, 3.05) is 12.5 Å². The zero-order valence-electron chi connectivity index (χ0n) is 19.5. The third-order valence-corrected chi connectivity index (χ3v) is 6.97. The molecule has 0 unspecified atom stereocenters. The zero-order chi connectivity index (χ0) is 24.5. The molecule has 1 aliphatic rings. The molecule has 3 aromatic rings. The van der Waals surface area contributed by atoms with Gasteiger partial charge in [-0.1, -0.05) is 90.1 Å². The van der Waals surface area contributed by atoms with E-state index < -0.39 is 29.7 Å². The van der Waals surface area contributed by atoms with E-state index in [1.54, 1.807) is 0 Å². The molecule has 3 aromatic carbocycles. The Morgan fingerprint density at radius 2 is 1.51 bits per heavy atom. The minimum absolute atomic E-state index is 0.237. The second-order valence-electron chi connectivity index (χ2n) is 8.32. The Bertz CT molecular complexity index is 1050. The first kappa shape index (κ1) is 25.7. The lowest BCUT2D eigenvalue weighted by atomic mass is 10.1. The fourth-order valence-corrected chi connectivity index (χ4v) is 4.98. The van der Waals surface area contributed by atoms with Crippen LogP contribution in [-0.2, 0) is 37.0 Å². The Morgan fingerprint density at radius 3 is 2.14 bits per heavy atom. The molecule has 35 heavy (non-hydrogen) atoms. The number of aryl methyl sites for hydroxylation is 1. The summed E-state index contributed by atoms with van der Waals surface area (Å²) >= 11 is 7.28. The lowest BCUT2D eigenvalue weighted by Crippen LogP contribution is -2.40. The molecule has 1 aliphatic heterocycles. The number of benzene rings is 3. The number of alkyl halides is 1. The van der Waals surface area contributed by atoms with Crippen LogP contribution in [0.2, 0.25) is 0 Å². The molecule has 7 heteroatoms. The molecular weight excluding hydrogens is 484 g/mol. The van der Waals surface area contributed by atoms with Gasteiger partial charge in [0.15, 0.2) is 6.10 Å². The second kappa shape index (κ2) is 13.1. The van der Waals surface area contributed by atoms with Gasteiger partial charge in [0.25, 0.3) is 0 Å². The Balaban J connectivity index is 1.51. The van der Waals surface area contributed by atoms with Crippen molar-refractivity contribution in [1.82, 2.24) is 0 Å². The normalized spacial score (nSPS) is 21.7. The van der Waals surface area contributed by atoms with Crippen LogP contribution < -0.4 is 0 Å². The summed E-state index contributed by atoms with van der Waals surface area (Å²) in [5.74, 6) is -0.743. The maximum Gasteiger partial charge on any atom is 0.321 e. The van der Waals surface area contributed by atoms with E-state index in [1.807, 2.05) is 91.9 Å². The fraction of sp³-hybridized carbons (Fsp3) is 0.321. The molecule has 0 aliphatic carbocycles. The van der Waals surface area contributed by atoms with Crippen LogP contribution in [0.5, 0.6) is 0 Å². The Kier molecular flexibility index (Phi) is 9.63. The SMILES string of the molecule is Cc1ccc(S[C@H]2O[C@H](COCc3ccccc3)[C@@H](OCc3ccccc3)[C@@H]2OC(=O)CCl)cc1. The highest BCUT2D eigenvalue weighted by Crippen LogP contribution is 2.38. The highest BCUT2D eigenvalue weighted by molar-refractivity contribution is 7.99. The molecule has 4 rings (SSSR count). The smallest absolute Gasteiger partial charge is 0.321 e. The molecule has 0 aromatic heterocycles. The topological polar surface area (TPSA) is 54.0 Å². The van der Waals surface area contributed by atoms with Crippen LogP contribution in [0.1, 0.15) is 16.7 Å². The summed E-state index contributed by atoms with van der Waals surface area (Å²) in [6.45, 7) is 3.16. The quantitative estimate of drug-likeness (QED) is 0.240. The lowest BCUT2D eigenvalue weighted by Gasteiger charge is -2.24. The van der Waals surface area contributed by atoms with E-state index in [9.17, 15) is 4.79 Å². The average Bonchev–Trinajstić information content (AvgIpc) is 3.20. The first-order valence-corrected chi connectivity index (χ1v) is 12.9. The molecule has 1 heterocycles. The van der Waals surface area contributed by atoms with Crippen molar-refractivity contribution in [3.63, 3.8) is 0 Å². The molecule has 0 amide bonds. The van der Waals surface area contributed by atoms with Gasteiger partial charge in [0, 0.05) is 4.90 Å². The summed E-state index contributed by atoms with van der Waals surface area (Å²) < 4.78 is 24.5. The van der Waals surface area contributed by atoms with Crippen molar-refractivity contribution in [3.05, 3.63) is 102 Å². The predicted octanol–water partition coefficient (Wildman–Crippen LogP) is 5.76. The third-order valence-electron chi connectivity index (χ3n) is 5.60. The van der Waals surface area contributed by atoms with Gasteiger partial charge >= 0.3 is 5.97 Å². The Morgan fingerprint density at radius 1 is 0.886 bits per heavy atom. The first-order chi connectivity index (χ1) is 17.1. The van der Waals surface area contributed by atoms with Gasteiger partial charge in [-0.2, -0.15) is 0 Å². The third kappa shape index (κ3) is 7.56. The van der Waals surface area contributed by atoms with Crippen LogP contribution >= 0.6 is 23.4 Å². The fourth-order valence-electron chi connectivity index (χ4n) is 3.82. The molecule has 0 bridgehead atoms. The highest BCUT2D eigenvalue weighted by Gasteiger charge is 2.48. The summed E-state index contributed by atoms with van der Waals surface area (Å²) in [6.07, 6.45) is -1.57. The van der Waals surface area contributed by atoms with Crippen LogP contribution in [-0.4, -0.2) is 42.2 Å². The Labute approximate surface area is 215 Å². The number of thioether (sulfide) groups is 1. The summed E-state index contributed by atoms with van der Waals surface area (Å²) in [7, 11) is 0. The number of hydrogen-bond acceptors (Lipinski definition) is 6. The zero-order valence-corrected chi connectivity index (χ0v) is 21.1. The molecule has 5 nitrogen and oxygen atoms in total. The molecule has 0 saturated carbocycles. The molecule has 0 radical (unpaired) electrons. The van der Waals surface area contributed by atoms with E-state index in [-0.39, 0.29) is 5.88 Å². The van der Waals surface area contributed by atoms with Crippen molar-refractivity contribution in [3.8, 4) is 0 Å². The van der Waals surface area contributed by atoms with Gasteiger partial charge in [0.1, 0.15) is 23.5 Å². The molecular formula is C28H29ClO5S. The molecule has 4 atom stereocenters. The van der Waals surface area contributed by atoms with E-state index in [2.05, 4.69) is 0 Å². The molecule has 1 saturated heterocycles. The minimum atomic E-state index is -0.637. The van der Waals surface area contributed by atoms with Gasteiger partial charge in [0.05, 0.1) is 19.8 Å². The Hall–Kier alpha value is -2.35. The van der Waals surface area contributed by atoms with Crippen LogP contribution in [0.4, 0.5) is 0 Å². The first-order valence-electron chi connectivity index (χ1n) is 11.5. The number of esters is 1. The van der Waals surface area contributed by atoms with Crippen molar-refractivity contribution in [2.45, 2.75) is 48.8 Å². The van der Waals surface area contributed by atoms with Crippen LogP contribution in [0.15, 0.2) is 89.8 Å². The summed E-state index contributed by atoms with van der Waals surface area (Å²) in [5.41, 5.74) is 2.80. The number of hydrogen-bond donors (Lipinski definition) is 0. The molecule has 1 fully saturated rings. The van der Waals surface area contributed by atoms with Crippen LogP contribution in [0.25, 0.3) is 0 Å². The van der Waals surface area contributed by atoms with E-state index >= 15 is 0 Å². The largest absolute Gasteiger partial charge is 0.455 e. The van der Waals surface area contributed by atoms with Crippen LogP contribution in [0, 0.1) is 6.92 Å². The number of carbonyl (C=O) groups is 1. The summed E-state index contributed by atoms with van der Waals surface area (Å²) in [5, 5.41) is 0. The summed E-state index contributed by atoms with van der Waals surface area (Å²) in [4.78, 5) is 13.2. The minimum Gasteiger partial charge on any atom is -0.455 e. The lowest BCUT2D eigenvalue weighted by molar-refractivity contribution is -0.153. The van der Waals surface area contributed by atoms with E-state index in [4.69, 9.17) is 30.5 Å². The number of halogens is 1. The number of rotatable bonds is 11. The average molecular weight is 513 g/mol. The van der Waals surface area contributed by atoms with Gasteiger partial charge in [-0.15, -0.1) is 11.6 Å². The van der Waals surface area contributed by atoms with E-state index in [0.29, 0.717) is 19.8 Å². The van der Waals surface area contributed by atoms with Crippen molar-refractivity contribution >= 4 is 29.3 Å². The van der Waals surface area contributed by atoms with Crippen molar-refractivity contribution < 1.29 is 23.7 Å². The van der Waals surface area contributed by atoms with Crippen molar-refractivity contribution in [2.24, 2.45) is 0 Å². The van der Waals surface area contributed by atoms with Gasteiger partial charge in [0.2, 0.25) is 0 Å². The summed E-state index contributed by atoms with van der Waals surface area (Å²) in [6, 6.07) is 28.0. The number of carbonyl (C=O) groups excluding carboxylic acids is 1. The monoisotopic (exact) mass is 512 g/mol. The maximum atomic E-state index is 12.2. The maximum absolute atomic E-state index is 12.2. The standard InChI is InChI=1S/C28H29ClO5S/c1-20-12-14-23(15-13-20)35-28-27(34-25(30)16-29)26(32-18-22-10-6-3-7-11-22)24(33-28)19-31-17-21-8-4-2-5-9-21/h2-15,24,26-28H,16-19H2,1H3/t24-,26-,27+,28-/m1/s1. The number of ether oxygens (including phenoxy) is 4. The predicted molar refractivity (Wildman–Crippen MR) is 137 cm³/mol. The van der Waals surface area contributed by atoms with Gasteiger partial charge in [-0.05, 0) is 30.2 Å².